The number of hydrogen-bond donors (Lipinski definition) is 2. The van der Waals surface area contributed by atoms with Gasteiger partial charge in [0.2, 0.25) is 16.0 Å². The van der Waals surface area contributed by atoms with Crippen molar-refractivity contribution >= 4 is 21.9 Å². The molecule has 1 rings (SSSR count). The van der Waals surface area contributed by atoms with Crippen LogP contribution in [0, 0.1) is 0 Å². The third-order valence-corrected chi connectivity index (χ3v) is 2.34. The first-order valence-electron chi connectivity index (χ1n) is 4.73. The zero-order valence-corrected chi connectivity index (χ0v) is 10.3. The van der Waals surface area contributed by atoms with Gasteiger partial charge in [-0.2, -0.15) is 0 Å². The zero-order valence-electron chi connectivity index (χ0n) is 9.47. The highest BCUT2D eigenvalue weighted by Crippen LogP contribution is 1.97. The van der Waals surface area contributed by atoms with Crippen LogP contribution >= 0.6 is 0 Å². The molecule has 6 nitrogen and oxygen atoms in total. The standard InChI is InChI=1S/C10H13N3O3S/c1-11-10(13-17(2,15)16)12-9(14)8-6-4-3-5-7-8/h3-7H,1-2H3,(H2,11,12,13,14). The normalized spacial score (nSPS) is 12.0. The molecule has 0 atom stereocenters. The molecule has 0 aliphatic carbocycles. The molecule has 1 amide bonds. The van der Waals surface area contributed by atoms with Crippen LogP contribution in [-0.2, 0) is 10.0 Å². The van der Waals surface area contributed by atoms with Crippen molar-refractivity contribution in [3.05, 3.63) is 35.9 Å². The highest BCUT2D eigenvalue weighted by atomic mass is 32.2. The molecule has 0 aliphatic heterocycles. The van der Waals surface area contributed by atoms with Gasteiger partial charge in [0, 0.05) is 12.6 Å². The number of rotatable bonds is 2. The smallest absolute Gasteiger partial charge is 0.257 e. The minimum atomic E-state index is -3.46. The van der Waals surface area contributed by atoms with Gasteiger partial charge in [0.1, 0.15) is 0 Å². The highest BCUT2D eigenvalue weighted by Gasteiger charge is 2.10. The van der Waals surface area contributed by atoms with Crippen molar-refractivity contribution in [2.45, 2.75) is 0 Å². The third kappa shape index (κ3) is 4.64. The molecule has 2 N–H and O–H groups in total. The molecule has 92 valence electrons. The van der Waals surface area contributed by atoms with Gasteiger partial charge in [-0.05, 0) is 12.1 Å². The summed E-state index contributed by atoms with van der Waals surface area (Å²) >= 11 is 0. The van der Waals surface area contributed by atoms with Crippen molar-refractivity contribution in [2.75, 3.05) is 13.3 Å². The molecule has 0 heterocycles. The van der Waals surface area contributed by atoms with Crippen LogP contribution in [-0.4, -0.2) is 33.6 Å². The van der Waals surface area contributed by atoms with Gasteiger partial charge in [0.25, 0.3) is 5.91 Å². The Balaban J connectivity index is 2.75. The van der Waals surface area contributed by atoms with Crippen LogP contribution in [0.15, 0.2) is 35.3 Å². The second-order valence-corrected chi connectivity index (χ2v) is 5.02. The molecule has 0 radical (unpaired) electrons. The lowest BCUT2D eigenvalue weighted by Gasteiger charge is -2.08. The summed E-state index contributed by atoms with van der Waals surface area (Å²) in [4.78, 5) is 15.3. The Labute approximate surface area is 99.8 Å². The van der Waals surface area contributed by atoms with Gasteiger partial charge in [0.05, 0.1) is 6.26 Å². The maximum absolute atomic E-state index is 11.7. The second-order valence-electron chi connectivity index (χ2n) is 3.27. The Bertz CT molecular complexity index is 523. The van der Waals surface area contributed by atoms with E-state index in [1.807, 2.05) is 0 Å². The Morgan fingerprint density at radius 1 is 1.24 bits per heavy atom. The number of benzene rings is 1. The van der Waals surface area contributed by atoms with Crippen LogP contribution < -0.4 is 10.0 Å². The number of guanidine groups is 1. The predicted molar refractivity (Wildman–Crippen MR) is 65.2 cm³/mol. The molecule has 0 aromatic heterocycles. The van der Waals surface area contributed by atoms with Crippen molar-refractivity contribution in [3.8, 4) is 0 Å². The van der Waals surface area contributed by atoms with Crippen molar-refractivity contribution in [1.29, 1.82) is 0 Å². The van der Waals surface area contributed by atoms with E-state index >= 15 is 0 Å². The Morgan fingerprint density at radius 3 is 2.29 bits per heavy atom. The van der Waals surface area contributed by atoms with Crippen LogP contribution in [0.2, 0.25) is 0 Å². The first-order valence-corrected chi connectivity index (χ1v) is 6.62. The molecule has 0 aliphatic rings. The SMILES string of the molecule is CN=C(NC(=O)c1ccccc1)NS(C)(=O)=O. The van der Waals surface area contributed by atoms with Gasteiger partial charge in [-0.1, -0.05) is 18.2 Å². The molecule has 7 heteroatoms. The van der Waals surface area contributed by atoms with E-state index in [0.29, 0.717) is 5.56 Å². The first kappa shape index (κ1) is 13.2. The lowest BCUT2D eigenvalue weighted by atomic mass is 10.2. The quantitative estimate of drug-likeness (QED) is 0.574. The summed E-state index contributed by atoms with van der Waals surface area (Å²) in [6.07, 6.45) is 0.979. The van der Waals surface area contributed by atoms with Gasteiger partial charge in [-0.25, -0.2) is 8.42 Å². The van der Waals surface area contributed by atoms with Crippen LogP contribution in [0.3, 0.4) is 0 Å². The van der Waals surface area contributed by atoms with Crippen molar-refractivity contribution in [3.63, 3.8) is 0 Å². The molecule has 1 aromatic carbocycles. The molecule has 0 fully saturated rings. The summed E-state index contributed by atoms with van der Waals surface area (Å²) in [5.74, 6) is -0.538. The fourth-order valence-corrected chi connectivity index (χ4v) is 1.57. The number of hydrogen-bond acceptors (Lipinski definition) is 4. The van der Waals surface area contributed by atoms with Crippen LogP contribution in [0.5, 0.6) is 0 Å². The van der Waals surface area contributed by atoms with E-state index in [9.17, 15) is 13.2 Å². The van der Waals surface area contributed by atoms with Crippen molar-refractivity contribution in [1.82, 2.24) is 10.0 Å². The minimum Gasteiger partial charge on any atom is -0.292 e. The monoisotopic (exact) mass is 255 g/mol. The van der Waals surface area contributed by atoms with Gasteiger partial charge < -0.3 is 0 Å². The average Bonchev–Trinajstić information content (AvgIpc) is 2.27. The summed E-state index contributed by atoms with van der Waals surface area (Å²) in [6, 6.07) is 8.43. The minimum absolute atomic E-state index is 0.110. The van der Waals surface area contributed by atoms with E-state index < -0.39 is 15.9 Å². The predicted octanol–water partition coefficient (Wildman–Crippen LogP) is -0.0486. The fraction of sp³-hybridized carbons (Fsp3) is 0.200. The van der Waals surface area contributed by atoms with E-state index in [-0.39, 0.29) is 5.96 Å². The Hall–Kier alpha value is -1.89. The summed E-state index contributed by atoms with van der Waals surface area (Å²) in [7, 11) is -2.08. The molecular formula is C10H13N3O3S. The van der Waals surface area contributed by atoms with E-state index in [4.69, 9.17) is 0 Å². The summed E-state index contributed by atoms with van der Waals surface area (Å²) in [5.41, 5.74) is 0.420. The Morgan fingerprint density at radius 2 is 1.82 bits per heavy atom. The zero-order chi connectivity index (χ0) is 12.9. The number of sulfonamides is 1. The second kappa shape index (κ2) is 5.44. The van der Waals surface area contributed by atoms with Crippen molar-refractivity contribution < 1.29 is 13.2 Å². The molecule has 0 saturated carbocycles. The summed E-state index contributed by atoms with van der Waals surface area (Å²) in [6.45, 7) is 0. The van der Waals surface area contributed by atoms with Gasteiger partial charge >= 0.3 is 0 Å². The van der Waals surface area contributed by atoms with Gasteiger partial charge in [-0.3, -0.25) is 19.8 Å². The molecule has 17 heavy (non-hydrogen) atoms. The lowest BCUT2D eigenvalue weighted by molar-refractivity contribution is 0.0976. The Kier molecular flexibility index (Phi) is 4.22. The number of nitrogens with zero attached hydrogens (tertiary/aromatic N) is 1. The van der Waals surface area contributed by atoms with E-state index in [2.05, 4.69) is 15.0 Å². The number of carbonyl (C=O) groups is 1. The van der Waals surface area contributed by atoms with Crippen LogP contribution in [0.1, 0.15) is 10.4 Å². The molecule has 1 aromatic rings. The van der Waals surface area contributed by atoms with E-state index in [1.54, 1.807) is 30.3 Å². The first-order chi connectivity index (χ1) is 7.92. The maximum atomic E-state index is 11.7. The number of nitrogens with one attached hydrogen (secondary N) is 2. The summed E-state index contributed by atoms with van der Waals surface area (Å²) < 4.78 is 24.0. The van der Waals surface area contributed by atoms with Crippen molar-refractivity contribution in [2.24, 2.45) is 4.99 Å². The largest absolute Gasteiger partial charge is 0.292 e. The molecule has 0 bridgehead atoms. The van der Waals surface area contributed by atoms with Crippen LogP contribution in [0.4, 0.5) is 0 Å². The summed E-state index contributed by atoms with van der Waals surface area (Å²) in [5, 5.41) is 2.36. The molecule has 0 spiro atoms. The lowest BCUT2D eigenvalue weighted by Crippen LogP contribution is -2.43. The topological polar surface area (TPSA) is 87.6 Å². The number of amides is 1. The van der Waals surface area contributed by atoms with Crippen LogP contribution in [0.25, 0.3) is 0 Å². The maximum Gasteiger partial charge on any atom is 0.257 e. The third-order valence-electron chi connectivity index (χ3n) is 1.77. The average molecular weight is 255 g/mol. The van der Waals surface area contributed by atoms with Gasteiger partial charge in [-0.15, -0.1) is 0 Å². The van der Waals surface area contributed by atoms with E-state index in [1.165, 1.54) is 7.05 Å². The fourth-order valence-electron chi connectivity index (χ4n) is 1.07. The molecule has 0 saturated heterocycles. The number of carbonyl (C=O) groups excluding carboxylic acids is 1. The van der Waals surface area contributed by atoms with Gasteiger partial charge in [0.15, 0.2) is 0 Å². The molecule has 0 unspecified atom stereocenters. The number of aliphatic imine (C=N–C) groups is 1. The van der Waals surface area contributed by atoms with E-state index in [0.717, 1.165) is 6.26 Å². The molecular weight excluding hydrogens is 242 g/mol. The highest BCUT2D eigenvalue weighted by molar-refractivity contribution is 7.89.